The number of piperidine rings is 1. The maximum absolute atomic E-state index is 13.1. The summed E-state index contributed by atoms with van der Waals surface area (Å²) in [4.78, 5) is 34.2. The van der Waals surface area contributed by atoms with Crippen molar-refractivity contribution in [2.24, 2.45) is 0 Å². The van der Waals surface area contributed by atoms with Crippen LogP contribution in [0.4, 0.5) is 0 Å². The first-order chi connectivity index (χ1) is 18.3. The van der Waals surface area contributed by atoms with Crippen LogP contribution >= 0.6 is 0 Å². The third kappa shape index (κ3) is 5.72. The maximum atomic E-state index is 13.1. The van der Waals surface area contributed by atoms with Crippen LogP contribution in [0, 0.1) is 0 Å². The Morgan fingerprint density at radius 2 is 1.87 bits per heavy atom. The van der Waals surface area contributed by atoms with Crippen LogP contribution in [0.15, 0.2) is 54.6 Å². The molecule has 5 rings (SSSR count). The highest BCUT2D eigenvalue weighted by atomic mass is 32.2. The molecule has 3 heterocycles. The first kappa shape index (κ1) is 25.9. The van der Waals surface area contributed by atoms with Gasteiger partial charge in [0.15, 0.2) is 22.3 Å². The van der Waals surface area contributed by atoms with Gasteiger partial charge in [0, 0.05) is 37.0 Å². The number of hydrogen-bond donors (Lipinski definition) is 1. The Labute approximate surface area is 221 Å². The quantitative estimate of drug-likeness (QED) is 0.491. The lowest BCUT2D eigenvalue weighted by atomic mass is 10.0. The summed E-state index contributed by atoms with van der Waals surface area (Å²) in [5.74, 6) is 1.36. The Morgan fingerprint density at radius 3 is 2.63 bits per heavy atom. The van der Waals surface area contributed by atoms with Gasteiger partial charge in [-0.25, -0.2) is 13.4 Å². The predicted octanol–water partition coefficient (Wildman–Crippen LogP) is 2.86. The Hall–Kier alpha value is -3.73. The Bertz CT molecular complexity index is 1410. The molecule has 0 bridgehead atoms. The van der Waals surface area contributed by atoms with E-state index in [1.807, 2.05) is 36.4 Å². The van der Waals surface area contributed by atoms with Crippen LogP contribution in [0.2, 0.25) is 0 Å². The predicted molar refractivity (Wildman–Crippen MR) is 141 cm³/mol. The minimum atomic E-state index is -3.19. The van der Waals surface area contributed by atoms with Gasteiger partial charge in [-0.3, -0.25) is 14.7 Å². The summed E-state index contributed by atoms with van der Waals surface area (Å²) in [6.07, 6.45) is 4.31. The fourth-order valence-electron chi connectivity index (χ4n) is 5.05. The summed E-state index contributed by atoms with van der Waals surface area (Å²) in [7, 11) is -3.19. The summed E-state index contributed by atoms with van der Waals surface area (Å²) >= 11 is 0. The van der Waals surface area contributed by atoms with Gasteiger partial charge in [0.05, 0.1) is 11.3 Å². The number of carbonyl (C=O) groups is 2. The fraction of sp³-hybridized carbons (Fsp3) is 0.407. The lowest BCUT2D eigenvalue weighted by Gasteiger charge is -2.34. The minimum Gasteiger partial charge on any atom is -0.484 e. The van der Waals surface area contributed by atoms with E-state index in [1.54, 1.807) is 28.0 Å². The number of ether oxygens (including phenoxy) is 1. The maximum Gasteiger partial charge on any atom is 0.261 e. The number of amides is 2. The van der Waals surface area contributed by atoms with Crippen LogP contribution in [-0.4, -0.2) is 83.0 Å². The third-order valence-corrected chi connectivity index (χ3v) is 8.75. The molecule has 1 unspecified atom stereocenters. The molecule has 0 saturated carbocycles. The molecule has 1 N–H and O–H groups in total. The molecule has 2 amide bonds. The Balaban J connectivity index is 1.28. The zero-order valence-corrected chi connectivity index (χ0v) is 22.1. The zero-order valence-electron chi connectivity index (χ0n) is 21.2. The number of nitrogens with zero attached hydrogens (tertiary/aromatic N) is 4. The van der Waals surface area contributed by atoms with Crippen LogP contribution < -0.4 is 4.74 Å². The topological polar surface area (TPSA) is 126 Å². The van der Waals surface area contributed by atoms with Crippen LogP contribution in [0.25, 0.3) is 11.4 Å². The number of hydrogen-bond acceptors (Lipinski definition) is 7. The van der Waals surface area contributed by atoms with Crippen LogP contribution in [0.1, 0.15) is 47.9 Å². The van der Waals surface area contributed by atoms with Gasteiger partial charge in [0.2, 0.25) is 0 Å². The molecule has 11 heteroatoms. The van der Waals surface area contributed by atoms with E-state index in [9.17, 15) is 18.0 Å². The number of sulfone groups is 1. The molecule has 2 saturated heterocycles. The smallest absolute Gasteiger partial charge is 0.261 e. The summed E-state index contributed by atoms with van der Waals surface area (Å²) < 4.78 is 29.5. The highest BCUT2D eigenvalue weighted by Crippen LogP contribution is 2.30. The molecule has 0 radical (unpaired) electrons. The second-order valence-electron chi connectivity index (χ2n) is 9.82. The van der Waals surface area contributed by atoms with E-state index < -0.39 is 15.1 Å². The molecule has 2 atom stereocenters. The fourth-order valence-corrected chi connectivity index (χ4v) is 6.03. The highest BCUT2D eigenvalue weighted by Gasteiger charge is 2.33. The molecule has 0 spiro atoms. The van der Waals surface area contributed by atoms with Gasteiger partial charge in [-0.2, -0.15) is 5.10 Å². The number of aromatic amines is 1. The standard InChI is InChI=1S/C27H31N5O5S/c1-38(35,36)22-13-15-31(17-22)27(34)20-9-7-8-19(16-20)25-28-26(30-29-25)23-12-5-6-14-32(23)24(33)18-37-21-10-3-2-4-11-21/h2-4,7-11,16,22-23H,5-6,12-15,17-18H2,1H3,(H,28,29,30)/t22?,23-/m1/s1. The number of likely N-dealkylation sites (tertiary alicyclic amines) is 2. The van der Waals surface area contributed by atoms with Gasteiger partial charge in [0.1, 0.15) is 11.6 Å². The minimum absolute atomic E-state index is 0.0532. The molecule has 3 aromatic rings. The normalized spacial score (nSPS) is 19.9. The van der Waals surface area contributed by atoms with E-state index >= 15 is 0 Å². The zero-order chi connectivity index (χ0) is 26.7. The molecule has 38 heavy (non-hydrogen) atoms. The average molecular weight is 538 g/mol. The number of carbonyl (C=O) groups excluding carboxylic acids is 2. The number of para-hydroxylation sites is 1. The van der Waals surface area contributed by atoms with Crippen molar-refractivity contribution < 1.29 is 22.7 Å². The summed E-state index contributed by atoms with van der Waals surface area (Å²) in [6.45, 7) is 1.17. The number of nitrogens with one attached hydrogen (secondary N) is 1. The monoisotopic (exact) mass is 537 g/mol. The van der Waals surface area contributed by atoms with E-state index in [0.29, 0.717) is 48.0 Å². The second-order valence-corrected chi connectivity index (χ2v) is 12.1. The first-order valence-corrected chi connectivity index (χ1v) is 14.7. The van der Waals surface area contributed by atoms with Gasteiger partial charge >= 0.3 is 0 Å². The van der Waals surface area contributed by atoms with E-state index in [1.165, 1.54) is 6.26 Å². The molecule has 2 aliphatic rings. The van der Waals surface area contributed by atoms with Gasteiger partial charge in [-0.1, -0.05) is 30.3 Å². The molecular formula is C27H31N5O5S. The molecule has 200 valence electrons. The number of benzene rings is 2. The number of rotatable bonds is 7. The van der Waals surface area contributed by atoms with Crippen LogP contribution in [-0.2, 0) is 14.6 Å². The van der Waals surface area contributed by atoms with E-state index in [-0.39, 0.29) is 31.0 Å². The van der Waals surface area contributed by atoms with Crippen molar-refractivity contribution in [3.05, 3.63) is 66.0 Å². The average Bonchev–Trinajstić information content (AvgIpc) is 3.63. The molecule has 2 aliphatic heterocycles. The molecular weight excluding hydrogens is 506 g/mol. The van der Waals surface area contributed by atoms with E-state index in [4.69, 9.17) is 9.72 Å². The van der Waals surface area contributed by atoms with Crippen molar-refractivity contribution in [2.45, 2.75) is 37.0 Å². The van der Waals surface area contributed by atoms with Crippen LogP contribution in [0.3, 0.4) is 0 Å². The SMILES string of the molecule is CS(=O)(=O)C1CCN(C(=O)c2cccc(-c3n[nH]c([C@H]4CCCCN4C(=O)COc4ccccc4)n3)c2)C1. The largest absolute Gasteiger partial charge is 0.484 e. The lowest BCUT2D eigenvalue weighted by molar-refractivity contribution is -0.137. The summed E-state index contributed by atoms with van der Waals surface area (Å²) in [5, 5.41) is 6.86. The van der Waals surface area contributed by atoms with Gasteiger partial charge < -0.3 is 14.5 Å². The number of aromatic nitrogens is 3. The highest BCUT2D eigenvalue weighted by molar-refractivity contribution is 7.91. The van der Waals surface area contributed by atoms with Crippen LogP contribution in [0.5, 0.6) is 5.75 Å². The Kier molecular flexibility index (Phi) is 7.46. The Morgan fingerprint density at radius 1 is 1.05 bits per heavy atom. The summed E-state index contributed by atoms with van der Waals surface area (Å²) in [5.41, 5.74) is 1.12. The number of H-pyrrole nitrogens is 1. The van der Waals surface area contributed by atoms with Crippen molar-refractivity contribution in [3.8, 4) is 17.1 Å². The van der Waals surface area contributed by atoms with Crippen molar-refractivity contribution >= 4 is 21.7 Å². The van der Waals surface area contributed by atoms with Gasteiger partial charge in [-0.15, -0.1) is 0 Å². The van der Waals surface area contributed by atoms with Crippen molar-refractivity contribution in [2.75, 3.05) is 32.5 Å². The lowest BCUT2D eigenvalue weighted by Crippen LogP contribution is -2.41. The van der Waals surface area contributed by atoms with Crippen molar-refractivity contribution in [1.82, 2.24) is 25.0 Å². The third-order valence-electron chi connectivity index (χ3n) is 7.15. The molecule has 1 aromatic heterocycles. The van der Waals surface area contributed by atoms with Gasteiger partial charge in [-0.05, 0) is 49.9 Å². The second kappa shape index (κ2) is 10.9. The summed E-state index contributed by atoms with van der Waals surface area (Å²) in [6, 6.07) is 16.0. The van der Waals surface area contributed by atoms with Crippen molar-refractivity contribution in [3.63, 3.8) is 0 Å². The first-order valence-electron chi connectivity index (χ1n) is 12.8. The molecule has 0 aliphatic carbocycles. The van der Waals surface area contributed by atoms with E-state index in [2.05, 4.69) is 10.2 Å². The van der Waals surface area contributed by atoms with Crippen molar-refractivity contribution in [1.29, 1.82) is 0 Å². The van der Waals surface area contributed by atoms with Gasteiger partial charge in [0.25, 0.3) is 11.8 Å². The molecule has 2 fully saturated rings. The molecule has 2 aromatic carbocycles. The molecule has 10 nitrogen and oxygen atoms in total. The van der Waals surface area contributed by atoms with E-state index in [0.717, 1.165) is 19.3 Å².